The molecule has 0 spiro atoms. The fraction of sp³-hybridized carbons (Fsp3) is 0.769. The Balaban J connectivity index is 1.51. The zero-order chi connectivity index (χ0) is 11.7. The van der Waals surface area contributed by atoms with Crippen molar-refractivity contribution < 1.29 is 0 Å². The van der Waals surface area contributed by atoms with Crippen LogP contribution in [0.25, 0.3) is 0 Å². The van der Waals surface area contributed by atoms with Crippen molar-refractivity contribution in [2.24, 2.45) is 5.73 Å². The van der Waals surface area contributed by atoms with Crippen LogP contribution in [0.5, 0.6) is 0 Å². The van der Waals surface area contributed by atoms with Gasteiger partial charge in [0.2, 0.25) is 0 Å². The first-order chi connectivity index (χ1) is 8.33. The first kappa shape index (κ1) is 11.2. The van der Waals surface area contributed by atoms with Gasteiger partial charge in [0.15, 0.2) is 0 Å². The molecule has 0 saturated heterocycles. The zero-order valence-electron chi connectivity index (χ0n) is 10.3. The Hall–Kier alpha value is -0.870. The molecule has 1 aromatic heterocycles. The third kappa shape index (κ3) is 2.69. The number of hydrogen-bond donors (Lipinski definition) is 2. The van der Waals surface area contributed by atoms with Crippen molar-refractivity contribution in [1.82, 2.24) is 14.9 Å². The summed E-state index contributed by atoms with van der Waals surface area (Å²) in [7, 11) is 0. The molecule has 2 saturated carbocycles. The zero-order valence-corrected chi connectivity index (χ0v) is 10.3. The van der Waals surface area contributed by atoms with Crippen LogP contribution in [-0.2, 0) is 6.54 Å². The average molecular weight is 234 g/mol. The number of nitrogens with zero attached hydrogens (tertiary/aromatic N) is 2. The van der Waals surface area contributed by atoms with E-state index in [0.29, 0.717) is 12.1 Å². The molecule has 3 rings (SSSR count). The third-order valence-corrected chi connectivity index (χ3v) is 4.03. The summed E-state index contributed by atoms with van der Waals surface area (Å²) in [5.74, 6) is 0. The monoisotopic (exact) mass is 234 g/mol. The van der Waals surface area contributed by atoms with E-state index in [1.54, 1.807) is 0 Å². The van der Waals surface area contributed by atoms with Gasteiger partial charge in [-0.15, -0.1) is 0 Å². The lowest BCUT2D eigenvalue weighted by molar-refractivity contribution is 0.339. The molecule has 0 aliphatic heterocycles. The van der Waals surface area contributed by atoms with E-state index in [4.69, 9.17) is 5.73 Å². The molecule has 4 heteroatoms. The maximum Gasteiger partial charge on any atom is 0.0951 e. The molecule has 94 valence electrons. The highest BCUT2D eigenvalue weighted by Crippen LogP contribution is 2.35. The van der Waals surface area contributed by atoms with E-state index in [1.165, 1.54) is 44.2 Å². The molecule has 1 aromatic rings. The van der Waals surface area contributed by atoms with Crippen LogP contribution in [0, 0.1) is 0 Å². The van der Waals surface area contributed by atoms with Crippen molar-refractivity contribution in [3.8, 4) is 0 Å². The molecular formula is C13H22N4. The molecular weight excluding hydrogens is 212 g/mol. The molecule has 17 heavy (non-hydrogen) atoms. The summed E-state index contributed by atoms with van der Waals surface area (Å²) in [6, 6.07) is 1.82. The largest absolute Gasteiger partial charge is 0.330 e. The lowest BCUT2D eigenvalue weighted by Crippen LogP contribution is -2.37. The number of aromatic nitrogens is 2. The molecule has 3 N–H and O–H groups in total. The smallest absolute Gasteiger partial charge is 0.0951 e. The molecule has 0 atom stereocenters. The van der Waals surface area contributed by atoms with Crippen LogP contribution in [0.4, 0.5) is 0 Å². The normalized spacial score (nSPS) is 29.5. The minimum absolute atomic E-state index is 0.435. The van der Waals surface area contributed by atoms with Gasteiger partial charge in [-0.3, -0.25) is 0 Å². The topological polar surface area (TPSA) is 55.9 Å². The molecule has 0 unspecified atom stereocenters. The average Bonchev–Trinajstić information content (AvgIpc) is 3.08. The number of nitrogens with two attached hydrogens (primary N) is 1. The summed E-state index contributed by atoms with van der Waals surface area (Å²) in [6.07, 6.45) is 11.4. The van der Waals surface area contributed by atoms with Gasteiger partial charge >= 0.3 is 0 Å². The van der Waals surface area contributed by atoms with E-state index in [0.717, 1.165) is 12.6 Å². The van der Waals surface area contributed by atoms with Gasteiger partial charge in [-0.1, -0.05) is 0 Å². The third-order valence-electron chi connectivity index (χ3n) is 4.03. The van der Waals surface area contributed by atoms with Crippen molar-refractivity contribution in [2.45, 2.75) is 63.2 Å². The van der Waals surface area contributed by atoms with Crippen molar-refractivity contribution in [2.75, 3.05) is 0 Å². The van der Waals surface area contributed by atoms with Gasteiger partial charge < -0.3 is 15.6 Å². The lowest BCUT2D eigenvalue weighted by atomic mass is 9.92. The Morgan fingerprint density at radius 2 is 2.00 bits per heavy atom. The van der Waals surface area contributed by atoms with E-state index >= 15 is 0 Å². The van der Waals surface area contributed by atoms with Crippen LogP contribution >= 0.6 is 0 Å². The highest BCUT2D eigenvalue weighted by atomic mass is 15.1. The van der Waals surface area contributed by atoms with Crippen LogP contribution in [-0.4, -0.2) is 21.6 Å². The summed E-state index contributed by atoms with van der Waals surface area (Å²) < 4.78 is 2.33. The summed E-state index contributed by atoms with van der Waals surface area (Å²) in [5.41, 5.74) is 7.25. The summed E-state index contributed by atoms with van der Waals surface area (Å²) in [4.78, 5) is 4.26. The number of imidazole rings is 1. The van der Waals surface area contributed by atoms with Gasteiger partial charge in [0.05, 0.1) is 12.0 Å². The highest BCUT2D eigenvalue weighted by molar-refractivity contribution is 5.03. The second kappa shape index (κ2) is 4.78. The SMILES string of the molecule is NC1CCC(NCc2cncn2C2CC2)CC1. The van der Waals surface area contributed by atoms with Crippen molar-refractivity contribution in [1.29, 1.82) is 0 Å². The summed E-state index contributed by atoms with van der Waals surface area (Å²) in [5, 5.41) is 3.65. The fourth-order valence-electron chi connectivity index (χ4n) is 2.72. The van der Waals surface area contributed by atoms with Crippen LogP contribution in [0.1, 0.15) is 50.3 Å². The highest BCUT2D eigenvalue weighted by Gasteiger charge is 2.25. The summed E-state index contributed by atoms with van der Waals surface area (Å²) in [6.45, 7) is 0.955. The van der Waals surface area contributed by atoms with E-state index in [1.807, 2.05) is 12.5 Å². The fourth-order valence-corrected chi connectivity index (χ4v) is 2.72. The lowest BCUT2D eigenvalue weighted by Gasteiger charge is -2.27. The van der Waals surface area contributed by atoms with Gasteiger partial charge in [-0.25, -0.2) is 4.98 Å². The van der Waals surface area contributed by atoms with E-state index in [9.17, 15) is 0 Å². The molecule has 0 aromatic carbocycles. The Labute approximate surface area is 103 Å². The minimum atomic E-state index is 0.435. The van der Waals surface area contributed by atoms with E-state index in [-0.39, 0.29) is 0 Å². The van der Waals surface area contributed by atoms with Gasteiger partial charge in [0, 0.05) is 30.9 Å². The maximum atomic E-state index is 5.92. The summed E-state index contributed by atoms with van der Waals surface area (Å²) >= 11 is 0. The molecule has 4 nitrogen and oxygen atoms in total. The minimum Gasteiger partial charge on any atom is -0.330 e. The van der Waals surface area contributed by atoms with E-state index in [2.05, 4.69) is 14.9 Å². The van der Waals surface area contributed by atoms with Crippen LogP contribution in [0.3, 0.4) is 0 Å². The quantitative estimate of drug-likeness (QED) is 0.831. The Morgan fingerprint density at radius 1 is 1.24 bits per heavy atom. The Bertz CT molecular complexity index is 361. The van der Waals surface area contributed by atoms with Gasteiger partial charge in [-0.2, -0.15) is 0 Å². The Kier molecular flexibility index (Phi) is 3.16. The predicted molar refractivity (Wildman–Crippen MR) is 67.6 cm³/mol. The Morgan fingerprint density at radius 3 is 2.71 bits per heavy atom. The molecule has 0 bridgehead atoms. The number of nitrogens with one attached hydrogen (secondary N) is 1. The second-order valence-corrected chi connectivity index (χ2v) is 5.52. The van der Waals surface area contributed by atoms with Gasteiger partial charge in [0.25, 0.3) is 0 Å². The first-order valence-electron chi connectivity index (χ1n) is 6.82. The van der Waals surface area contributed by atoms with Gasteiger partial charge in [-0.05, 0) is 38.5 Å². The van der Waals surface area contributed by atoms with Gasteiger partial charge in [0.1, 0.15) is 0 Å². The van der Waals surface area contributed by atoms with Crippen molar-refractivity contribution in [3.63, 3.8) is 0 Å². The molecule has 2 fully saturated rings. The second-order valence-electron chi connectivity index (χ2n) is 5.52. The maximum absolute atomic E-state index is 5.92. The van der Waals surface area contributed by atoms with E-state index < -0.39 is 0 Å². The number of rotatable bonds is 4. The first-order valence-corrected chi connectivity index (χ1v) is 6.82. The standard InChI is InChI=1S/C13H22N4/c14-10-1-3-11(4-2-10)16-8-13-7-15-9-17(13)12-5-6-12/h7,9-12,16H,1-6,8,14H2. The van der Waals surface area contributed by atoms with Crippen LogP contribution in [0.15, 0.2) is 12.5 Å². The van der Waals surface area contributed by atoms with Crippen molar-refractivity contribution in [3.05, 3.63) is 18.2 Å². The molecule has 0 amide bonds. The number of hydrogen-bond acceptors (Lipinski definition) is 3. The van der Waals surface area contributed by atoms with Crippen LogP contribution < -0.4 is 11.1 Å². The molecule has 2 aliphatic carbocycles. The van der Waals surface area contributed by atoms with Crippen LogP contribution in [0.2, 0.25) is 0 Å². The van der Waals surface area contributed by atoms with Crippen molar-refractivity contribution >= 4 is 0 Å². The predicted octanol–water partition coefficient (Wildman–Crippen LogP) is 1.58. The molecule has 1 heterocycles. The molecule has 0 radical (unpaired) electrons. The molecule has 2 aliphatic rings.